The molecule has 1 heterocycles. The summed E-state index contributed by atoms with van der Waals surface area (Å²) < 4.78 is 26.7. The van der Waals surface area contributed by atoms with Crippen LogP contribution in [-0.2, 0) is 13.2 Å². The van der Waals surface area contributed by atoms with Gasteiger partial charge in [0.2, 0.25) is 0 Å². The van der Waals surface area contributed by atoms with Gasteiger partial charge in [-0.2, -0.15) is 0 Å². The molecule has 0 radical (unpaired) electrons. The largest absolute Gasteiger partial charge is 0.491 e. The van der Waals surface area contributed by atoms with Crippen LogP contribution in [0.5, 0.6) is 11.5 Å². The van der Waals surface area contributed by atoms with Crippen molar-refractivity contribution in [3.63, 3.8) is 0 Å². The van der Waals surface area contributed by atoms with Crippen molar-refractivity contribution in [2.45, 2.75) is 33.1 Å². The molecule has 4 rings (SSSR count). The summed E-state index contributed by atoms with van der Waals surface area (Å²) in [5.41, 5.74) is 3.89. The molecule has 0 saturated carbocycles. The van der Waals surface area contributed by atoms with Gasteiger partial charge in [-0.05, 0) is 61.4 Å². The number of aliphatic hydroxyl groups is 1. The molecular weight excluding hydrogens is 431 g/mol. The minimum Gasteiger partial charge on any atom is -0.491 e. The molecular formula is C25H26ClFN2O3. The molecule has 0 spiro atoms. The number of hydrogen-bond donors (Lipinski definition) is 1. The van der Waals surface area contributed by atoms with Gasteiger partial charge in [0, 0.05) is 0 Å². The van der Waals surface area contributed by atoms with E-state index in [1.165, 1.54) is 12.1 Å². The monoisotopic (exact) mass is 456 g/mol. The highest BCUT2D eigenvalue weighted by atomic mass is 35.5. The summed E-state index contributed by atoms with van der Waals surface area (Å²) in [5, 5.41) is 10.6. The number of aromatic nitrogens is 2. The minimum absolute atomic E-state index is 0. The Bertz CT molecular complexity index is 1160. The van der Waals surface area contributed by atoms with Crippen LogP contribution in [0, 0.1) is 19.7 Å². The molecule has 168 valence electrons. The number of rotatable bonds is 8. The van der Waals surface area contributed by atoms with Crippen LogP contribution in [0.25, 0.3) is 11.0 Å². The second-order valence-corrected chi connectivity index (χ2v) is 7.56. The lowest BCUT2D eigenvalue weighted by Gasteiger charge is -2.17. The molecule has 0 aliphatic heterocycles. The van der Waals surface area contributed by atoms with Crippen molar-refractivity contribution >= 4 is 23.4 Å². The topological polar surface area (TPSA) is 56.5 Å². The van der Waals surface area contributed by atoms with E-state index in [0.29, 0.717) is 12.3 Å². The molecule has 0 aliphatic carbocycles. The molecule has 32 heavy (non-hydrogen) atoms. The average molecular weight is 457 g/mol. The lowest BCUT2D eigenvalue weighted by atomic mass is 10.1. The van der Waals surface area contributed by atoms with E-state index < -0.39 is 6.10 Å². The number of nitrogens with zero attached hydrogens (tertiary/aromatic N) is 2. The van der Waals surface area contributed by atoms with E-state index in [4.69, 9.17) is 14.5 Å². The first kappa shape index (κ1) is 23.6. The van der Waals surface area contributed by atoms with Gasteiger partial charge in [0.05, 0.1) is 17.6 Å². The molecule has 5 nitrogen and oxygen atoms in total. The standard InChI is InChI=1S/C25H25FN2O3.ClH/c1-17-6-5-7-18(2)25(17)31-16-24-27-22-8-3-4-9-23(22)28(24)14-20(29)15-30-21-12-10-19(26)11-13-21;/h3-13,20,29H,14-16H2,1-2H3;1H. The van der Waals surface area contributed by atoms with Crippen LogP contribution in [-0.4, -0.2) is 27.4 Å². The number of ether oxygens (including phenoxy) is 2. The molecule has 1 N–H and O–H groups in total. The van der Waals surface area contributed by atoms with Crippen LogP contribution in [0.1, 0.15) is 17.0 Å². The Kier molecular flexibility index (Phi) is 7.72. The highest BCUT2D eigenvalue weighted by Crippen LogP contribution is 2.24. The van der Waals surface area contributed by atoms with Crippen molar-refractivity contribution in [2.75, 3.05) is 6.61 Å². The second-order valence-electron chi connectivity index (χ2n) is 7.56. The van der Waals surface area contributed by atoms with Crippen molar-refractivity contribution in [2.24, 2.45) is 0 Å². The van der Waals surface area contributed by atoms with Gasteiger partial charge >= 0.3 is 0 Å². The van der Waals surface area contributed by atoms with Crippen LogP contribution < -0.4 is 9.47 Å². The van der Waals surface area contributed by atoms with Crippen molar-refractivity contribution in [3.8, 4) is 11.5 Å². The fraction of sp³-hybridized carbons (Fsp3) is 0.240. The molecule has 3 aromatic carbocycles. The second kappa shape index (κ2) is 10.5. The zero-order valence-electron chi connectivity index (χ0n) is 18.0. The molecule has 0 fully saturated rings. The third-order valence-electron chi connectivity index (χ3n) is 5.14. The number of halogens is 2. The smallest absolute Gasteiger partial charge is 0.148 e. The van der Waals surface area contributed by atoms with Gasteiger partial charge in [0.15, 0.2) is 0 Å². The van der Waals surface area contributed by atoms with Crippen molar-refractivity contribution in [1.82, 2.24) is 9.55 Å². The fourth-order valence-electron chi connectivity index (χ4n) is 3.59. The predicted octanol–water partition coefficient (Wildman–Crippen LogP) is 5.23. The summed E-state index contributed by atoms with van der Waals surface area (Å²) >= 11 is 0. The number of fused-ring (bicyclic) bond motifs is 1. The van der Waals surface area contributed by atoms with Gasteiger partial charge in [0.25, 0.3) is 0 Å². The maximum Gasteiger partial charge on any atom is 0.148 e. The maximum atomic E-state index is 13.0. The molecule has 0 amide bonds. The predicted molar refractivity (Wildman–Crippen MR) is 125 cm³/mol. The third kappa shape index (κ3) is 5.39. The number of imidazole rings is 1. The van der Waals surface area contributed by atoms with Crippen LogP contribution in [0.4, 0.5) is 4.39 Å². The number of aliphatic hydroxyl groups excluding tert-OH is 1. The van der Waals surface area contributed by atoms with Crippen molar-refractivity contribution < 1.29 is 19.0 Å². The Morgan fingerprint density at radius 2 is 1.62 bits per heavy atom. The van der Waals surface area contributed by atoms with Gasteiger partial charge in [-0.25, -0.2) is 9.37 Å². The fourth-order valence-corrected chi connectivity index (χ4v) is 3.59. The number of hydrogen-bond acceptors (Lipinski definition) is 4. The Balaban J connectivity index is 0.00000289. The molecule has 1 unspecified atom stereocenters. The number of para-hydroxylation sites is 3. The highest BCUT2D eigenvalue weighted by molar-refractivity contribution is 5.85. The van der Waals surface area contributed by atoms with Gasteiger partial charge in [-0.15, -0.1) is 12.4 Å². The molecule has 1 atom stereocenters. The first-order valence-electron chi connectivity index (χ1n) is 10.2. The zero-order valence-corrected chi connectivity index (χ0v) is 18.8. The van der Waals surface area contributed by atoms with E-state index in [0.717, 1.165) is 33.7 Å². The van der Waals surface area contributed by atoms with Gasteiger partial charge < -0.3 is 19.1 Å². The van der Waals surface area contributed by atoms with Gasteiger partial charge in [-0.1, -0.05) is 30.3 Å². The maximum absolute atomic E-state index is 13.0. The third-order valence-corrected chi connectivity index (χ3v) is 5.14. The number of aryl methyl sites for hydroxylation is 2. The Morgan fingerprint density at radius 3 is 2.34 bits per heavy atom. The SMILES string of the molecule is Cc1cccc(C)c1OCc1nc2ccccc2n1CC(O)COc1ccc(F)cc1.Cl. The van der Waals surface area contributed by atoms with Crippen molar-refractivity contribution in [3.05, 3.63) is 89.5 Å². The summed E-state index contributed by atoms with van der Waals surface area (Å²) in [6.45, 7) is 4.69. The van der Waals surface area contributed by atoms with E-state index in [2.05, 4.69) is 0 Å². The summed E-state index contributed by atoms with van der Waals surface area (Å²) in [6, 6.07) is 19.6. The van der Waals surface area contributed by atoms with Crippen LogP contribution in [0.3, 0.4) is 0 Å². The van der Waals surface area contributed by atoms with Crippen LogP contribution in [0.15, 0.2) is 66.7 Å². The quantitative estimate of drug-likeness (QED) is 0.394. The molecule has 0 bridgehead atoms. The van der Waals surface area contributed by atoms with Gasteiger partial charge in [-0.3, -0.25) is 0 Å². The first-order chi connectivity index (χ1) is 15.0. The highest BCUT2D eigenvalue weighted by Gasteiger charge is 2.16. The normalized spacial score (nSPS) is 11.8. The van der Waals surface area contributed by atoms with E-state index in [-0.39, 0.29) is 31.4 Å². The van der Waals surface area contributed by atoms with Crippen LogP contribution in [0.2, 0.25) is 0 Å². The Morgan fingerprint density at radius 1 is 0.938 bits per heavy atom. The van der Waals surface area contributed by atoms with Crippen molar-refractivity contribution in [1.29, 1.82) is 0 Å². The zero-order chi connectivity index (χ0) is 21.8. The number of benzene rings is 3. The molecule has 0 saturated heterocycles. The summed E-state index contributed by atoms with van der Waals surface area (Å²) in [4.78, 5) is 4.71. The van der Waals surface area contributed by atoms with Crippen LogP contribution >= 0.6 is 12.4 Å². The van der Waals surface area contributed by atoms with E-state index in [9.17, 15) is 9.50 Å². The Hall–Kier alpha value is -3.09. The molecule has 7 heteroatoms. The lowest BCUT2D eigenvalue weighted by molar-refractivity contribution is 0.0917. The van der Waals surface area contributed by atoms with E-state index in [1.807, 2.05) is 60.9 Å². The summed E-state index contributed by atoms with van der Waals surface area (Å²) in [5.74, 6) is 1.76. The summed E-state index contributed by atoms with van der Waals surface area (Å²) in [7, 11) is 0. The lowest BCUT2D eigenvalue weighted by Crippen LogP contribution is -2.25. The molecule has 1 aromatic heterocycles. The average Bonchev–Trinajstić information content (AvgIpc) is 3.10. The molecule has 0 aliphatic rings. The Labute approximate surface area is 192 Å². The van der Waals surface area contributed by atoms with Gasteiger partial charge in [0.1, 0.15) is 42.5 Å². The minimum atomic E-state index is -0.776. The molecule has 4 aromatic rings. The first-order valence-corrected chi connectivity index (χ1v) is 10.2. The van der Waals surface area contributed by atoms with E-state index in [1.54, 1.807) is 12.1 Å². The van der Waals surface area contributed by atoms with E-state index >= 15 is 0 Å². The summed E-state index contributed by atoms with van der Waals surface area (Å²) in [6.07, 6.45) is -0.776.